The third-order valence-corrected chi connectivity index (χ3v) is 5.55. The van der Waals surface area contributed by atoms with Crippen molar-refractivity contribution in [3.8, 4) is 5.75 Å². The van der Waals surface area contributed by atoms with Crippen LogP contribution in [0.15, 0.2) is 29.1 Å². The number of carbonyl (C=O) groups excluding carboxylic acids is 1. The molecule has 0 unspecified atom stereocenters. The van der Waals surface area contributed by atoms with Crippen LogP contribution in [-0.2, 0) is 11.3 Å². The van der Waals surface area contributed by atoms with Gasteiger partial charge in [-0.1, -0.05) is 41.5 Å². The SMILES string of the molecule is COc1ccc2cc(C(C)C)c(=O)n(CC(=O)N(CCC(C)C)CCC(C)C)c2c1. The minimum atomic E-state index is -0.0910. The second kappa shape index (κ2) is 10.6. The molecule has 0 spiro atoms. The van der Waals surface area contributed by atoms with E-state index in [0.29, 0.717) is 17.6 Å². The number of ether oxygens (including phenoxy) is 1. The molecule has 30 heavy (non-hydrogen) atoms. The van der Waals surface area contributed by atoms with Crippen molar-refractivity contribution in [1.29, 1.82) is 0 Å². The number of aromatic nitrogens is 1. The van der Waals surface area contributed by atoms with E-state index in [1.807, 2.05) is 43.0 Å². The van der Waals surface area contributed by atoms with Gasteiger partial charge >= 0.3 is 0 Å². The van der Waals surface area contributed by atoms with Crippen LogP contribution >= 0.6 is 0 Å². The molecule has 0 atom stereocenters. The van der Waals surface area contributed by atoms with Crippen LogP contribution in [0.1, 0.15) is 65.9 Å². The fourth-order valence-electron chi connectivity index (χ4n) is 3.50. The van der Waals surface area contributed by atoms with Gasteiger partial charge in [-0.05, 0) is 54.2 Å². The molecule has 1 aromatic carbocycles. The van der Waals surface area contributed by atoms with Crippen molar-refractivity contribution in [2.24, 2.45) is 11.8 Å². The summed E-state index contributed by atoms with van der Waals surface area (Å²) in [5.74, 6) is 1.82. The summed E-state index contributed by atoms with van der Waals surface area (Å²) in [6.45, 7) is 14.2. The zero-order chi connectivity index (χ0) is 22.4. The van der Waals surface area contributed by atoms with Gasteiger partial charge in [-0.25, -0.2) is 0 Å². The van der Waals surface area contributed by atoms with E-state index < -0.39 is 0 Å². The van der Waals surface area contributed by atoms with Crippen LogP contribution in [-0.4, -0.2) is 35.6 Å². The fraction of sp³-hybridized carbons (Fsp3) is 0.600. The molecular formula is C25H38N2O3. The summed E-state index contributed by atoms with van der Waals surface area (Å²) in [6.07, 6.45) is 1.92. The molecule has 0 bridgehead atoms. The summed E-state index contributed by atoms with van der Waals surface area (Å²) >= 11 is 0. The van der Waals surface area contributed by atoms with Crippen LogP contribution in [0.5, 0.6) is 5.75 Å². The van der Waals surface area contributed by atoms with E-state index >= 15 is 0 Å². The lowest BCUT2D eigenvalue weighted by molar-refractivity contribution is -0.132. The minimum absolute atomic E-state index is 0.00317. The first-order valence-corrected chi connectivity index (χ1v) is 11.1. The first-order valence-electron chi connectivity index (χ1n) is 11.1. The molecule has 1 aromatic heterocycles. The highest BCUT2D eigenvalue weighted by molar-refractivity contribution is 5.84. The molecule has 0 saturated carbocycles. The molecule has 5 nitrogen and oxygen atoms in total. The number of methoxy groups -OCH3 is 1. The first-order chi connectivity index (χ1) is 14.1. The van der Waals surface area contributed by atoms with Gasteiger partial charge in [0.05, 0.1) is 12.6 Å². The van der Waals surface area contributed by atoms with Crippen LogP contribution < -0.4 is 10.3 Å². The standard InChI is InChI=1S/C25H38N2O3/c1-17(2)10-12-26(13-11-18(3)4)24(28)16-27-23-15-21(30-7)9-8-20(23)14-22(19(5)6)25(27)29/h8-9,14-15,17-19H,10-13,16H2,1-7H3. The zero-order valence-corrected chi connectivity index (χ0v) is 19.7. The van der Waals surface area contributed by atoms with E-state index in [4.69, 9.17) is 4.74 Å². The molecule has 0 aliphatic carbocycles. The molecule has 2 rings (SSSR count). The van der Waals surface area contributed by atoms with Crippen molar-refractivity contribution in [3.63, 3.8) is 0 Å². The second-order valence-corrected chi connectivity index (χ2v) is 9.32. The number of pyridine rings is 1. The lowest BCUT2D eigenvalue weighted by Crippen LogP contribution is -2.39. The van der Waals surface area contributed by atoms with Gasteiger partial charge < -0.3 is 9.64 Å². The summed E-state index contributed by atoms with van der Waals surface area (Å²) in [6, 6.07) is 7.63. The number of hydrogen-bond donors (Lipinski definition) is 0. The highest BCUT2D eigenvalue weighted by Crippen LogP contribution is 2.23. The number of fused-ring (bicyclic) bond motifs is 1. The Hall–Kier alpha value is -2.30. The van der Waals surface area contributed by atoms with Crippen LogP contribution in [0.4, 0.5) is 0 Å². The van der Waals surface area contributed by atoms with Crippen LogP contribution in [0, 0.1) is 11.8 Å². The molecule has 166 valence electrons. The van der Waals surface area contributed by atoms with Crippen molar-refractivity contribution in [2.45, 2.75) is 66.8 Å². The van der Waals surface area contributed by atoms with Crippen molar-refractivity contribution in [3.05, 3.63) is 40.2 Å². The third kappa shape index (κ3) is 6.10. The number of amides is 1. The van der Waals surface area contributed by atoms with Crippen molar-refractivity contribution >= 4 is 16.8 Å². The normalized spacial score (nSPS) is 11.7. The first kappa shape index (κ1) is 24.0. The predicted molar refractivity (Wildman–Crippen MR) is 124 cm³/mol. The molecule has 1 heterocycles. The van der Waals surface area contributed by atoms with Gasteiger partial charge in [0.2, 0.25) is 5.91 Å². The quantitative estimate of drug-likeness (QED) is 0.546. The van der Waals surface area contributed by atoms with Gasteiger partial charge in [-0.2, -0.15) is 0 Å². The Kier molecular flexibility index (Phi) is 8.51. The summed E-state index contributed by atoms with van der Waals surface area (Å²) in [5, 5.41) is 0.947. The van der Waals surface area contributed by atoms with E-state index in [1.54, 1.807) is 11.7 Å². The largest absolute Gasteiger partial charge is 0.497 e. The van der Waals surface area contributed by atoms with E-state index in [-0.39, 0.29) is 23.9 Å². The molecule has 1 amide bonds. The molecule has 5 heteroatoms. The van der Waals surface area contributed by atoms with Gasteiger partial charge in [0.25, 0.3) is 5.56 Å². The van der Waals surface area contributed by atoms with E-state index in [1.165, 1.54) is 0 Å². The minimum Gasteiger partial charge on any atom is -0.497 e. The smallest absolute Gasteiger partial charge is 0.254 e. The zero-order valence-electron chi connectivity index (χ0n) is 19.7. The lowest BCUT2D eigenvalue weighted by atomic mass is 10.0. The number of carbonyl (C=O) groups is 1. The van der Waals surface area contributed by atoms with Gasteiger partial charge in [-0.15, -0.1) is 0 Å². The molecular weight excluding hydrogens is 376 g/mol. The van der Waals surface area contributed by atoms with Gasteiger partial charge in [0.15, 0.2) is 0 Å². The topological polar surface area (TPSA) is 51.5 Å². The van der Waals surface area contributed by atoms with E-state index in [0.717, 1.165) is 42.4 Å². The van der Waals surface area contributed by atoms with Crippen LogP contribution in [0.3, 0.4) is 0 Å². The lowest BCUT2D eigenvalue weighted by Gasteiger charge is -2.25. The van der Waals surface area contributed by atoms with Gasteiger partial charge in [0.1, 0.15) is 12.3 Å². The highest BCUT2D eigenvalue weighted by atomic mass is 16.5. The molecule has 0 fully saturated rings. The number of hydrogen-bond acceptors (Lipinski definition) is 3. The maximum Gasteiger partial charge on any atom is 0.254 e. The summed E-state index contributed by atoms with van der Waals surface area (Å²) in [7, 11) is 1.61. The predicted octanol–water partition coefficient (Wildman–Crippen LogP) is 5.05. The Bertz CT molecular complexity index is 900. The summed E-state index contributed by atoms with van der Waals surface area (Å²) < 4.78 is 7.00. The maximum absolute atomic E-state index is 13.3. The van der Waals surface area contributed by atoms with Crippen LogP contribution in [0.25, 0.3) is 10.9 Å². The second-order valence-electron chi connectivity index (χ2n) is 9.32. The van der Waals surface area contributed by atoms with Crippen molar-refractivity contribution < 1.29 is 9.53 Å². The Morgan fingerprint density at radius 2 is 1.60 bits per heavy atom. The van der Waals surface area contributed by atoms with Crippen molar-refractivity contribution in [2.75, 3.05) is 20.2 Å². The monoisotopic (exact) mass is 414 g/mol. The Balaban J connectivity index is 2.46. The Morgan fingerprint density at radius 3 is 2.10 bits per heavy atom. The van der Waals surface area contributed by atoms with E-state index in [2.05, 4.69) is 27.7 Å². The average Bonchev–Trinajstić information content (AvgIpc) is 2.68. The maximum atomic E-state index is 13.3. The van der Waals surface area contributed by atoms with Gasteiger partial charge in [-0.3, -0.25) is 14.2 Å². The fourth-order valence-corrected chi connectivity index (χ4v) is 3.50. The summed E-state index contributed by atoms with van der Waals surface area (Å²) in [4.78, 5) is 28.5. The Morgan fingerprint density at radius 1 is 1.00 bits per heavy atom. The van der Waals surface area contributed by atoms with E-state index in [9.17, 15) is 9.59 Å². The molecule has 2 aromatic rings. The number of benzene rings is 1. The number of rotatable bonds is 10. The Labute approximate surface area is 181 Å². The molecule has 0 radical (unpaired) electrons. The summed E-state index contributed by atoms with van der Waals surface area (Å²) in [5.41, 5.74) is 1.38. The van der Waals surface area contributed by atoms with Crippen molar-refractivity contribution in [1.82, 2.24) is 9.47 Å². The van der Waals surface area contributed by atoms with Gasteiger partial charge in [0, 0.05) is 24.7 Å². The number of nitrogens with zero attached hydrogens (tertiary/aromatic N) is 2. The van der Waals surface area contributed by atoms with Crippen LogP contribution in [0.2, 0.25) is 0 Å². The average molecular weight is 415 g/mol. The third-order valence-electron chi connectivity index (χ3n) is 5.55. The highest BCUT2D eigenvalue weighted by Gasteiger charge is 2.19. The molecule has 0 saturated heterocycles. The molecule has 0 aliphatic rings. The molecule has 0 N–H and O–H groups in total. The molecule has 0 aliphatic heterocycles.